The molecular weight excluding hydrogens is 350 g/mol. The highest BCUT2D eigenvalue weighted by Gasteiger charge is 2.15. The van der Waals surface area contributed by atoms with Crippen LogP contribution in [0.4, 0.5) is 5.13 Å². The molecule has 7 heteroatoms. The van der Waals surface area contributed by atoms with Crippen LogP contribution < -0.4 is 5.32 Å². The number of aromatic nitrogens is 2. The summed E-state index contributed by atoms with van der Waals surface area (Å²) in [6, 6.07) is 9.35. The van der Waals surface area contributed by atoms with E-state index in [4.69, 9.17) is 11.6 Å². The lowest BCUT2D eigenvalue weighted by atomic mass is 10.2. The minimum atomic E-state index is -0.153. The van der Waals surface area contributed by atoms with E-state index in [0.29, 0.717) is 20.0 Å². The number of thiophene rings is 1. The first-order chi connectivity index (χ1) is 11.1. The van der Waals surface area contributed by atoms with Crippen molar-refractivity contribution in [1.82, 2.24) is 10.2 Å². The fourth-order valence-corrected chi connectivity index (χ4v) is 4.23. The molecule has 1 N–H and O–H groups in total. The molecule has 0 fully saturated rings. The molecule has 4 nitrogen and oxygen atoms in total. The Labute approximate surface area is 147 Å². The van der Waals surface area contributed by atoms with E-state index in [-0.39, 0.29) is 5.91 Å². The molecule has 0 radical (unpaired) electrons. The van der Waals surface area contributed by atoms with Gasteiger partial charge < -0.3 is 0 Å². The summed E-state index contributed by atoms with van der Waals surface area (Å²) in [6.07, 6.45) is 0.930. The molecule has 2 aromatic heterocycles. The van der Waals surface area contributed by atoms with E-state index in [0.717, 1.165) is 17.5 Å². The van der Waals surface area contributed by atoms with Gasteiger partial charge >= 0.3 is 0 Å². The Morgan fingerprint density at radius 2 is 2.04 bits per heavy atom. The predicted molar refractivity (Wildman–Crippen MR) is 96.7 cm³/mol. The van der Waals surface area contributed by atoms with Crippen molar-refractivity contribution >= 4 is 45.3 Å². The number of carbonyl (C=O) groups excluding carboxylic acids is 1. The summed E-state index contributed by atoms with van der Waals surface area (Å²) in [4.78, 5) is 14.2. The van der Waals surface area contributed by atoms with E-state index in [1.807, 2.05) is 31.2 Å². The summed E-state index contributed by atoms with van der Waals surface area (Å²) in [5, 5.41) is 12.7. The van der Waals surface area contributed by atoms with Crippen LogP contribution in [0.1, 0.15) is 27.0 Å². The molecule has 0 bridgehead atoms. The Bertz CT molecular complexity index is 857. The first-order valence-electron chi connectivity index (χ1n) is 7.07. The lowest BCUT2D eigenvalue weighted by Crippen LogP contribution is -2.09. The first-order valence-corrected chi connectivity index (χ1v) is 9.08. The molecule has 3 aromatic rings. The van der Waals surface area contributed by atoms with E-state index in [2.05, 4.69) is 22.4 Å². The number of halogens is 1. The molecule has 0 aliphatic rings. The van der Waals surface area contributed by atoms with Crippen LogP contribution in [0.3, 0.4) is 0 Å². The Hall–Kier alpha value is -1.76. The lowest BCUT2D eigenvalue weighted by Gasteiger charge is -1.98. The van der Waals surface area contributed by atoms with Gasteiger partial charge in [0.25, 0.3) is 5.91 Å². The van der Waals surface area contributed by atoms with Crippen LogP contribution >= 0.6 is 34.3 Å². The lowest BCUT2D eigenvalue weighted by molar-refractivity contribution is 0.103. The van der Waals surface area contributed by atoms with E-state index >= 15 is 0 Å². The monoisotopic (exact) mass is 363 g/mol. The molecule has 0 spiro atoms. The highest BCUT2D eigenvalue weighted by atomic mass is 35.5. The third-order valence-electron chi connectivity index (χ3n) is 3.32. The van der Waals surface area contributed by atoms with Gasteiger partial charge in [0.1, 0.15) is 0 Å². The molecule has 3 rings (SSSR count). The number of nitrogens with zero attached hydrogens (tertiary/aromatic N) is 2. The molecule has 0 unspecified atom stereocenters. The maximum Gasteiger partial charge on any atom is 0.267 e. The van der Waals surface area contributed by atoms with Crippen LogP contribution in [-0.4, -0.2) is 16.1 Å². The molecule has 0 aliphatic carbocycles. The summed E-state index contributed by atoms with van der Waals surface area (Å²) in [6.45, 7) is 4.10. The van der Waals surface area contributed by atoms with Gasteiger partial charge in [-0.3, -0.25) is 10.1 Å². The van der Waals surface area contributed by atoms with Crippen molar-refractivity contribution in [3.05, 3.63) is 50.7 Å². The Kier molecular flexibility index (Phi) is 4.75. The standard InChI is InChI=1S/C16H14ClN3OS2/c1-3-12-9(2)8-13(22-12)14(21)18-16-20-19-15(23-16)10-6-4-5-7-11(10)17/h4-8H,3H2,1-2H3,(H,18,20,21). The zero-order chi connectivity index (χ0) is 16.4. The first kappa shape index (κ1) is 16.1. The normalized spacial score (nSPS) is 10.7. The largest absolute Gasteiger partial charge is 0.296 e. The second kappa shape index (κ2) is 6.78. The summed E-state index contributed by atoms with van der Waals surface area (Å²) < 4.78 is 0. The third kappa shape index (κ3) is 3.44. The molecule has 0 aliphatic heterocycles. The van der Waals surface area contributed by atoms with Crippen LogP contribution in [0, 0.1) is 6.92 Å². The van der Waals surface area contributed by atoms with Crippen LogP contribution in [-0.2, 0) is 6.42 Å². The molecule has 0 saturated heterocycles. The average molecular weight is 364 g/mol. The van der Waals surface area contributed by atoms with Crippen LogP contribution in [0.25, 0.3) is 10.6 Å². The summed E-state index contributed by atoms with van der Waals surface area (Å²) in [5.41, 5.74) is 1.96. The van der Waals surface area contributed by atoms with Gasteiger partial charge in [-0.25, -0.2) is 0 Å². The third-order valence-corrected chi connectivity index (χ3v) is 5.90. The van der Waals surface area contributed by atoms with Crippen LogP contribution in [0.15, 0.2) is 30.3 Å². The van der Waals surface area contributed by atoms with Gasteiger partial charge in [0.15, 0.2) is 5.01 Å². The second-order valence-corrected chi connectivity index (χ2v) is 7.44. The summed E-state index contributed by atoms with van der Waals surface area (Å²) in [7, 11) is 0. The average Bonchev–Trinajstić information content (AvgIpc) is 3.14. The summed E-state index contributed by atoms with van der Waals surface area (Å²) in [5.74, 6) is -0.153. The second-order valence-electron chi connectivity index (χ2n) is 4.92. The van der Waals surface area contributed by atoms with Gasteiger partial charge in [0.2, 0.25) is 5.13 Å². The molecule has 2 heterocycles. The molecule has 118 valence electrons. The highest BCUT2D eigenvalue weighted by Crippen LogP contribution is 2.32. The minimum Gasteiger partial charge on any atom is -0.296 e. The van der Waals surface area contributed by atoms with Gasteiger partial charge in [-0.1, -0.05) is 48.1 Å². The smallest absolute Gasteiger partial charge is 0.267 e. The van der Waals surface area contributed by atoms with Crippen molar-refractivity contribution in [2.24, 2.45) is 0 Å². The van der Waals surface area contributed by atoms with Gasteiger partial charge in [0, 0.05) is 10.4 Å². The molecular formula is C16H14ClN3OS2. The fraction of sp³-hybridized carbons (Fsp3) is 0.188. The van der Waals surface area contributed by atoms with Gasteiger partial charge in [-0.2, -0.15) is 0 Å². The number of aryl methyl sites for hydroxylation is 2. The molecule has 0 atom stereocenters. The van der Waals surface area contributed by atoms with Gasteiger partial charge in [-0.05, 0) is 31.0 Å². The number of anilines is 1. The Balaban J connectivity index is 1.79. The Morgan fingerprint density at radius 3 is 2.74 bits per heavy atom. The summed E-state index contributed by atoms with van der Waals surface area (Å²) >= 11 is 8.98. The highest BCUT2D eigenvalue weighted by molar-refractivity contribution is 7.19. The fourth-order valence-electron chi connectivity index (χ4n) is 2.16. The van der Waals surface area contributed by atoms with E-state index in [1.165, 1.54) is 27.6 Å². The van der Waals surface area contributed by atoms with Crippen molar-refractivity contribution in [3.63, 3.8) is 0 Å². The van der Waals surface area contributed by atoms with Gasteiger partial charge in [-0.15, -0.1) is 21.5 Å². The number of carbonyl (C=O) groups is 1. The van der Waals surface area contributed by atoms with Crippen LogP contribution in [0.2, 0.25) is 5.02 Å². The number of hydrogen-bond acceptors (Lipinski definition) is 5. The van der Waals surface area contributed by atoms with E-state index in [9.17, 15) is 4.79 Å². The minimum absolute atomic E-state index is 0.153. The number of rotatable bonds is 4. The van der Waals surface area contributed by atoms with E-state index < -0.39 is 0 Å². The number of amides is 1. The number of hydrogen-bond donors (Lipinski definition) is 1. The topological polar surface area (TPSA) is 54.9 Å². The number of benzene rings is 1. The van der Waals surface area contributed by atoms with Crippen LogP contribution in [0.5, 0.6) is 0 Å². The molecule has 23 heavy (non-hydrogen) atoms. The maximum atomic E-state index is 12.3. The molecule has 1 aromatic carbocycles. The number of nitrogens with one attached hydrogen (secondary N) is 1. The van der Waals surface area contributed by atoms with E-state index in [1.54, 1.807) is 6.07 Å². The maximum absolute atomic E-state index is 12.3. The molecule has 1 amide bonds. The predicted octanol–water partition coefficient (Wildman–Crippen LogP) is 5.04. The van der Waals surface area contributed by atoms with Gasteiger partial charge in [0.05, 0.1) is 9.90 Å². The van der Waals surface area contributed by atoms with Crippen molar-refractivity contribution in [2.75, 3.05) is 5.32 Å². The zero-order valence-electron chi connectivity index (χ0n) is 12.6. The quantitative estimate of drug-likeness (QED) is 0.706. The zero-order valence-corrected chi connectivity index (χ0v) is 15.0. The molecule has 0 saturated carbocycles. The Morgan fingerprint density at radius 1 is 1.26 bits per heavy atom. The van der Waals surface area contributed by atoms with Crippen molar-refractivity contribution in [1.29, 1.82) is 0 Å². The SMILES string of the molecule is CCc1sc(C(=O)Nc2nnc(-c3ccccc3Cl)s2)cc1C. The van der Waals surface area contributed by atoms with Crippen molar-refractivity contribution in [3.8, 4) is 10.6 Å². The van der Waals surface area contributed by atoms with Crippen molar-refractivity contribution in [2.45, 2.75) is 20.3 Å². The van der Waals surface area contributed by atoms with Crippen molar-refractivity contribution < 1.29 is 4.79 Å².